The minimum absolute atomic E-state index is 0.0637. The van der Waals surface area contributed by atoms with Gasteiger partial charge in [0.05, 0.1) is 29.9 Å². The molecule has 0 radical (unpaired) electrons. The number of nitrogens with zero attached hydrogens (tertiary/aromatic N) is 3. The lowest BCUT2D eigenvalue weighted by Crippen LogP contribution is -2.32. The fourth-order valence-corrected chi connectivity index (χ4v) is 5.03. The molecule has 0 aliphatic heterocycles. The zero-order chi connectivity index (χ0) is 25.7. The summed E-state index contributed by atoms with van der Waals surface area (Å²) in [6.45, 7) is 3.73. The monoisotopic (exact) mass is 512 g/mol. The lowest BCUT2D eigenvalue weighted by molar-refractivity contribution is 0.167. The van der Waals surface area contributed by atoms with Gasteiger partial charge in [0.25, 0.3) is 0 Å². The Morgan fingerprint density at radius 2 is 2.06 bits per heavy atom. The zero-order valence-electron chi connectivity index (χ0n) is 20.7. The van der Waals surface area contributed by atoms with E-state index in [2.05, 4.69) is 24.7 Å². The van der Waals surface area contributed by atoms with Crippen molar-refractivity contribution in [3.8, 4) is 22.6 Å². The van der Waals surface area contributed by atoms with Gasteiger partial charge in [0.2, 0.25) is 10.0 Å². The molecule has 0 bridgehead atoms. The number of aromatic nitrogens is 4. The van der Waals surface area contributed by atoms with Crippen LogP contribution in [0, 0.1) is 0 Å². The Morgan fingerprint density at radius 3 is 2.78 bits per heavy atom. The third kappa shape index (κ3) is 6.60. The first-order chi connectivity index (χ1) is 17.3. The number of aromatic amines is 1. The maximum atomic E-state index is 12.3. The fraction of sp³-hybridized carbons (Fsp3) is 0.440. The number of aryl methyl sites for hydroxylation is 1. The van der Waals surface area contributed by atoms with Crippen LogP contribution >= 0.6 is 0 Å². The van der Waals surface area contributed by atoms with Gasteiger partial charge in [0.1, 0.15) is 11.6 Å². The number of rotatable bonds is 11. The number of hydrogen-bond acceptors (Lipinski definition) is 7. The van der Waals surface area contributed by atoms with Crippen molar-refractivity contribution >= 4 is 21.8 Å². The highest BCUT2D eigenvalue weighted by Crippen LogP contribution is 2.41. The van der Waals surface area contributed by atoms with E-state index in [1.165, 1.54) is 7.11 Å². The van der Waals surface area contributed by atoms with E-state index in [4.69, 9.17) is 9.97 Å². The van der Waals surface area contributed by atoms with Crippen molar-refractivity contribution in [3.63, 3.8) is 0 Å². The van der Waals surface area contributed by atoms with Crippen molar-refractivity contribution in [2.75, 3.05) is 17.6 Å². The first-order valence-corrected chi connectivity index (χ1v) is 13.8. The summed E-state index contributed by atoms with van der Waals surface area (Å²) in [6, 6.07) is 9.00. The van der Waals surface area contributed by atoms with Crippen molar-refractivity contribution in [1.82, 2.24) is 25.3 Å². The van der Waals surface area contributed by atoms with Crippen LogP contribution in [0.2, 0.25) is 0 Å². The maximum absolute atomic E-state index is 12.3. The number of alkyl carbamates (subject to hydrolysis) is 1. The highest BCUT2D eigenvalue weighted by atomic mass is 32.2. The standard InChI is InChI=1S/C25H32N6O4S/c1-4-14-36(33,34)31-19-7-5-6-18(15-19)22-23(30-24(29-22)17-9-10-17)20-12-13-26-21(28-20)11-8-16(2)27-25(32)35-3/h5-7,12-13,15-17,31H,4,8-11,14H2,1-3H3,(H,27,32)(H,29,30)/t16-/m0/s1. The molecule has 2 aromatic heterocycles. The summed E-state index contributed by atoms with van der Waals surface area (Å²) in [5, 5.41) is 2.75. The van der Waals surface area contributed by atoms with Crippen LogP contribution in [0.25, 0.3) is 22.6 Å². The Bertz CT molecular complexity index is 1320. The van der Waals surface area contributed by atoms with Gasteiger partial charge in [-0.25, -0.2) is 28.2 Å². The fourth-order valence-electron chi connectivity index (χ4n) is 3.90. The molecule has 3 aromatic rings. The third-order valence-corrected chi connectivity index (χ3v) is 7.37. The normalized spacial score (nSPS) is 14.3. The summed E-state index contributed by atoms with van der Waals surface area (Å²) in [6.07, 6.45) is 5.19. The molecule has 1 amide bonds. The molecule has 3 N–H and O–H groups in total. The van der Waals surface area contributed by atoms with E-state index >= 15 is 0 Å². The van der Waals surface area contributed by atoms with Crippen LogP contribution in [-0.4, -0.2) is 53.4 Å². The molecule has 36 heavy (non-hydrogen) atoms. The Kier molecular flexibility index (Phi) is 7.88. The third-order valence-electron chi connectivity index (χ3n) is 5.88. The summed E-state index contributed by atoms with van der Waals surface area (Å²) < 4.78 is 31.9. The van der Waals surface area contributed by atoms with E-state index in [0.717, 1.165) is 35.6 Å². The second-order valence-electron chi connectivity index (χ2n) is 9.06. The molecule has 11 heteroatoms. The molecule has 1 saturated carbocycles. The molecule has 1 fully saturated rings. The van der Waals surface area contributed by atoms with Crippen molar-refractivity contribution in [3.05, 3.63) is 48.2 Å². The maximum Gasteiger partial charge on any atom is 0.407 e. The molecule has 0 unspecified atom stereocenters. The number of methoxy groups -OCH3 is 1. The Morgan fingerprint density at radius 1 is 1.25 bits per heavy atom. The van der Waals surface area contributed by atoms with E-state index in [1.807, 2.05) is 32.0 Å². The summed E-state index contributed by atoms with van der Waals surface area (Å²) >= 11 is 0. The Hall–Kier alpha value is -3.47. The topological polar surface area (TPSA) is 139 Å². The molecule has 192 valence electrons. The molecule has 1 aliphatic rings. The van der Waals surface area contributed by atoms with Crippen LogP contribution in [0.15, 0.2) is 36.5 Å². The average Bonchev–Trinajstić information content (AvgIpc) is 3.60. The number of imidazole rings is 1. The van der Waals surface area contributed by atoms with Crippen LogP contribution in [0.3, 0.4) is 0 Å². The number of benzene rings is 1. The van der Waals surface area contributed by atoms with Gasteiger partial charge in [-0.05, 0) is 50.8 Å². The molecule has 0 saturated heterocycles. The highest BCUT2D eigenvalue weighted by Gasteiger charge is 2.29. The molecule has 0 spiro atoms. The predicted octanol–water partition coefficient (Wildman–Crippen LogP) is 4.24. The molecule has 1 aromatic carbocycles. The predicted molar refractivity (Wildman–Crippen MR) is 138 cm³/mol. The second-order valence-corrected chi connectivity index (χ2v) is 10.9. The summed E-state index contributed by atoms with van der Waals surface area (Å²) in [4.78, 5) is 28.9. The largest absolute Gasteiger partial charge is 0.453 e. The van der Waals surface area contributed by atoms with Gasteiger partial charge >= 0.3 is 6.09 Å². The van der Waals surface area contributed by atoms with E-state index in [9.17, 15) is 13.2 Å². The van der Waals surface area contributed by atoms with E-state index in [0.29, 0.717) is 42.4 Å². The van der Waals surface area contributed by atoms with Crippen molar-refractivity contribution in [2.45, 2.75) is 57.9 Å². The summed E-state index contributed by atoms with van der Waals surface area (Å²) in [5.41, 5.74) is 3.49. The van der Waals surface area contributed by atoms with E-state index in [-0.39, 0.29) is 11.8 Å². The molecule has 10 nitrogen and oxygen atoms in total. The zero-order valence-corrected chi connectivity index (χ0v) is 21.6. The SMILES string of the molecule is CCCS(=O)(=O)Nc1cccc(-c2nc(C3CC3)[nH]c2-c2ccnc(CC[C@H](C)NC(=O)OC)n2)c1. The van der Waals surface area contributed by atoms with Crippen LogP contribution in [0.1, 0.15) is 57.1 Å². The van der Waals surface area contributed by atoms with Crippen molar-refractivity contribution in [1.29, 1.82) is 0 Å². The first-order valence-electron chi connectivity index (χ1n) is 12.2. The second kappa shape index (κ2) is 11.1. The van der Waals surface area contributed by atoms with Gasteiger partial charge in [-0.2, -0.15) is 0 Å². The number of hydrogen-bond donors (Lipinski definition) is 3. The molecular formula is C25H32N6O4S. The number of carbonyl (C=O) groups excluding carboxylic acids is 1. The van der Waals surface area contributed by atoms with Crippen molar-refractivity contribution in [2.24, 2.45) is 0 Å². The minimum Gasteiger partial charge on any atom is -0.453 e. The van der Waals surface area contributed by atoms with Crippen LogP contribution < -0.4 is 10.0 Å². The average molecular weight is 513 g/mol. The quantitative estimate of drug-likeness (QED) is 0.349. The van der Waals surface area contributed by atoms with Crippen LogP contribution in [0.5, 0.6) is 0 Å². The summed E-state index contributed by atoms with van der Waals surface area (Å²) in [5.74, 6) is 2.03. The van der Waals surface area contributed by atoms with E-state index in [1.54, 1.807) is 18.3 Å². The molecule has 1 aliphatic carbocycles. The smallest absolute Gasteiger partial charge is 0.407 e. The van der Waals surface area contributed by atoms with Gasteiger partial charge < -0.3 is 15.0 Å². The molecule has 2 heterocycles. The molecule has 1 atom stereocenters. The van der Waals surface area contributed by atoms with Gasteiger partial charge in [-0.15, -0.1) is 0 Å². The van der Waals surface area contributed by atoms with E-state index < -0.39 is 16.1 Å². The molecule has 4 rings (SSSR count). The van der Waals surface area contributed by atoms with Gasteiger partial charge in [0, 0.05) is 35.8 Å². The van der Waals surface area contributed by atoms with Gasteiger partial charge in [0.15, 0.2) is 0 Å². The Balaban J connectivity index is 1.61. The first kappa shape index (κ1) is 25.6. The number of anilines is 1. The number of ether oxygens (including phenoxy) is 1. The highest BCUT2D eigenvalue weighted by molar-refractivity contribution is 7.92. The number of sulfonamides is 1. The number of carbonyl (C=O) groups is 1. The molecular weight excluding hydrogens is 480 g/mol. The van der Waals surface area contributed by atoms with Gasteiger partial charge in [-0.3, -0.25) is 4.72 Å². The van der Waals surface area contributed by atoms with Crippen LogP contribution in [0.4, 0.5) is 10.5 Å². The van der Waals surface area contributed by atoms with Crippen LogP contribution in [-0.2, 0) is 21.2 Å². The minimum atomic E-state index is -3.41. The number of nitrogens with one attached hydrogen (secondary N) is 3. The van der Waals surface area contributed by atoms with Crippen molar-refractivity contribution < 1.29 is 17.9 Å². The number of H-pyrrole nitrogens is 1. The summed E-state index contributed by atoms with van der Waals surface area (Å²) in [7, 11) is -2.07. The Labute approximate surface area is 211 Å². The lowest BCUT2D eigenvalue weighted by atomic mass is 10.1. The number of amides is 1. The van der Waals surface area contributed by atoms with Gasteiger partial charge in [-0.1, -0.05) is 19.1 Å². The lowest BCUT2D eigenvalue weighted by Gasteiger charge is -2.12.